The van der Waals surface area contributed by atoms with E-state index in [0.717, 1.165) is 23.3 Å². The number of aliphatic hydroxyl groups is 1. The molecule has 5 nitrogen and oxygen atoms in total. The van der Waals surface area contributed by atoms with E-state index < -0.39 is 17.2 Å². The Hall–Kier alpha value is -3.00. The minimum absolute atomic E-state index is 0.00491. The molecular weight excluding hydrogens is 457 g/mol. The van der Waals surface area contributed by atoms with E-state index in [0.29, 0.717) is 10.0 Å². The van der Waals surface area contributed by atoms with Gasteiger partial charge in [-0.2, -0.15) is 5.10 Å². The summed E-state index contributed by atoms with van der Waals surface area (Å²) in [7, 11) is 0. The molecule has 0 saturated heterocycles. The summed E-state index contributed by atoms with van der Waals surface area (Å²) in [6, 6.07) is 10.2. The maximum absolute atomic E-state index is 14.6. The Bertz CT molecular complexity index is 1260. The van der Waals surface area contributed by atoms with Crippen molar-refractivity contribution in [2.24, 2.45) is 0 Å². The Balaban J connectivity index is 1.60. The zero-order valence-corrected chi connectivity index (χ0v) is 18.2. The third-order valence-corrected chi connectivity index (χ3v) is 5.52. The number of nitrogens with zero attached hydrogens (tertiary/aromatic N) is 4. The van der Waals surface area contributed by atoms with Gasteiger partial charge in [0.2, 0.25) is 0 Å². The van der Waals surface area contributed by atoms with Crippen molar-refractivity contribution < 1.29 is 13.9 Å². The second kappa shape index (κ2) is 9.24. The standard InChI is InChI=1S/C23H18Cl2F2N4O/c24-18-4-3-17(21(25)9-18)2-1-16-7-8-30(11-16)12-23(32,13-31-15-28-14-29-31)20-6-5-19(26)10-22(20)27/h1-11,14-15,32H,12-13H2. The summed E-state index contributed by atoms with van der Waals surface area (Å²) in [5, 5.41) is 16.5. The topological polar surface area (TPSA) is 55.9 Å². The van der Waals surface area contributed by atoms with Gasteiger partial charge in [-0.25, -0.2) is 18.4 Å². The molecule has 0 amide bonds. The van der Waals surface area contributed by atoms with Crippen LogP contribution in [-0.4, -0.2) is 24.4 Å². The molecule has 0 bridgehead atoms. The Labute approximate surface area is 193 Å². The molecule has 0 aliphatic carbocycles. The molecule has 0 spiro atoms. The quantitative estimate of drug-likeness (QED) is 0.388. The lowest BCUT2D eigenvalue weighted by Gasteiger charge is -2.29. The van der Waals surface area contributed by atoms with Gasteiger partial charge in [-0.05, 0) is 35.4 Å². The SMILES string of the molecule is OC(Cn1ccc(C=Cc2ccc(Cl)cc2Cl)c1)(Cn1cncn1)c1ccc(F)cc1F. The molecule has 4 rings (SSSR count). The van der Waals surface area contributed by atoms with E-state index in [4.69, 9.17) is 23.2 Å². The molecule has 1 N–H and O–H groups in total. The molecule has 0 aliphatic heterocycles. The first-order chi connectivity index (χ1) is 15.3. The average molecular weight is 475 g/mol. The van der Waals surface area contributed by atoms with Crippen LogP contribution in [0.4, 0.5) is 8.78 Å². The maximum atomic E-state index is 14.6. The first kappa shape index (κ1) is 22.2. The molecule has 2 aromatic heterocycles. The molecule has 2 heterocycles. The molecular formula is C23H18Cl2F2N4O. The van der Waals surface area contributed by atoms with Crippen LogP contribution in [-0.2, 0) is 18.7 Å². The Morgan fingerprint density at radius 2 is 1.88 bits per heavy atom. The van der Waals surface area contributed by atoms with Crippen LogP contribution in [0.25, 0.3) is 12.2 Å². The van der Waals surface area contributed by atoms with Crippen LogP contribution in [0, 0.1) is 11.6 Å². The number of aromatic nitrogens is 4. The van der Waals surface area contributed by atoms with Gasteiger partial charge >= 0.3 is 0 Å². The first-order valence-electron chi connectivity index (χ1n) is 9.62. The van der Waals surface area contributed by atoms with Gasteiger partial charge in [-0.3, -0.25) is 0 Å². The van der Waals surface area contributed by atoms with E-state index in [1.54, 1.807) is 29.1 Å². The minimum atomic E-state index is -1.70. The fraction of sp³-hybridized carbons (Fsp3) is 0.130. The second-order valence-electron chi connectivity index (χ2n) is 7.37. The van der Waals surface area contributed by atoms with Gasteiger partial charge in [-0.15, -0.1) is 0 Å². The van der Waals surface area contributed by atoms with Gasteiger partial charge in [0.1, 0.15) is 29.9 Å². The van der Waals surface area contributed by atoms with E-state index in [1.807, 2.05) is 24.3 Å². The molecule has 9 heteroatoms. The van der Waals surface area contributed by atoms with E-state index in [-0.39, 0.29) is 18.7 Å². The van der Waals surface area contributed by atoms with E-state index in [9.17, 15) is 13.9 Å². The number of benzene rings is 2. The van der Waals surface area contributed by atoms with Crippen molar-refractivity contribution in [2.45, 2.75) is 18.7 Å². The van der Waals surface area contributed by atoms with Gasteiger partial charge in [0.25, 0.3) is 0 Å². The Morgan fingerprint density at radius 1 is 1.03 bits per heavy atom. The molecule has 0 saturated carbocycles. The van der Waals surface area contributed by atoms with Crippen molar-refractivity contribution >= 4 is 35.4 Å². The lowest BCUT2D eigenvalue weighted by Crippen LogP contribution is -2.37. The van der Waals surface area contributed by atoms with Crippen LogP contribution in [0.2, 0.25) is 10.0 Å². The monoisotopic (exact) mass is 474 g/mol. The predicted octanol–water partition coefficient (Wildman–Crippen LogP) is 5.42. The highest BCUT2D eigenvalue weighted by molar-refractivity contribution is 6.35. The van der Waals surface area contributed by atoms with Crippen LogP contribution in [0.3, 0.4) is 0 Å². The number of hydrogen-bond acceptors (Lipinski definition) is 3. The van der Waals surface area contributed by atoms with E-state index >= 15 is 0 Å². The summed E-state index contributed by atoms with van der Waals surface area (Å²) in [5.74, 6) is -1.55. The highest BCUT2D eigenvalue weighted by Gasteiger charge is 2.34. The molecule has 32 heavy (non-hydrogen) atoms. The fourth-order valence-electron chi connectivity index (χ4n) is 3.45. The third kappa shape index (κ3) is 5.07. The van der Waals surface area contributed by atoms with E-state index in [2.05, 4.69) is 10.1 Å². The van der Waals surface area contributed by atoms with Gasteiger partial charge in [0.05, 0.1) is 13.1 Å². The van der Waals surface area contributed by atoms with E-state index in [1.165, 1.54) is 23.4 Å². The van der Waals surface area contributed by atoms with Gasteiger partial charge in [0.15, 0.2) is 0 Å². The molecule has 0 radical (unpaired) electrons. The summed E-state index contributed by atoms with van der Waals surface area (Å²) in [6.07, 6.45) is 10.0. The molecule has 2 aromatic carbocycles. The summed E-state index contributed by atoms with van der Waals surface area (Å²) < 4.78 is 31.1. The summed E-state index contributed by atoms with van der Waals surface area (Å²) in [5.41, 5.74) is -0.0861. The van der Waals surface area contributed by atoms with Crippen LogP contribution in [0.1, 0.15) is 16.7 Å². The molecule has 1 unspecified atom stereocenters. The summed E-state index contributed by atoms with van der Waals surface area (Å²) >= 11 is 12.1. The van der Waals surface area contributed by atoms with Crippen molar-refractivity contribution in [1.29, 1.82) is 0 Å². The Morgan fingerprint density at radius 3 is 2.59 bits per heavy atom. The smallest absolute Gasteiger partial charge is 0.137 e. The normalized spacial score (nSPS) is 13.5. The lowest BCUT2D eigenvalue weighted by molar-refractivity contribution is -0.00534. The number of rotatable bonds is 7. The zero-order valence-electron chi connectivity index (χ0n) is 16.7. The third-order valence-electron chi connectivity index (χ3n) is 4.96. The lowest BCUT2D eigenvalue weighted by atomic mass is 9.92. The van der Waals surface area contributed by atoms with Gasteiger partial charge < -0.3 is 9.67 Å². The number of halogens is 4. The van der Waals surface area contributed by atoms with Gasteiger partial charge in [0, 0.05) is 34.1 Å². The highest BCUT2D eigenvalue weighted by atomic mass is 35.5. The maximum Gasteiger partial charge on any atom is 0.137 e. The molecule has 0 aliphatic rings. The molecule has 164 valence electrons. The first-order valence-corrected chi connectivity index (χ1v) is 10.4. The highest BCUT2D eigenvalue weighted by Crippen LogP contribution is 2.29. The van der Waals surface area contributed by atoms with Crippen molar-refractivity contribution in [3.63, 3.8) is 0 Å². The number of hydrogen-bond donors (Lipinski definition) is 1. The molecule has 0 fully saturated rings. The van der Waals surface area contributed by atoms with Crippen LogP contribution < -0.4 is 0 Å². The predicted molar refractivity (Wildman–Crippen MR) is 120 cm³/mol. The van der Waals surface area contributed by atoms with Crippen LogP contribution in [0.15, 0.2) is 67.5 Å². The van der Waals surface area contributed by atoms with Crippen molar-refractivity contribution in [1.82, 2.24) is 19.3 Å². The van der Waals surface area contributed by atoms with Crippen molar-refractivity contribution in [3.8, 4) is 0 Å². The fourth-order valence-corrected chi connectivity index (χ4v) is 3.92. The zero-order chi connectivity index (χ0) is 22.7. The summed E-state index contributed by atoms with van der Waals surface area (Å²) in [6.45, 7) is -0.0652. The largest absolute Gasteiger partial charge is 0.381 e. The van der Waals surface area contributed by atoms with Crippen LogP contribution in [0.5, 0.6) is 0 Å². The Kier molecular flexibility index (Phi) is 6.41. The van der Waals surface area contributed by atoms with Crippen molar-refractivity contribution in [2.75, 3.05) is 0 Å². The van der Waals surface area contributed by atoms with Crippen molar-refractivity contribution in [3.05, 3.63) is 106 Å². The summed E-state index contributed by atoms with van der Waals surface area (Å²) in [4.78, 5) is 3.87. The molecule has 4 aromatic rings. The molecule has 1 atom stereocenters. The minimum Gasteiger partial charge on any atom is -0.381 e. The average Bonchev–Trinajstić information content (AvgIpc) is 3.39. The van der Waals surface area contributed by atoms with Crippen LogP contribution >= 0.6 is 23.2 Å². The second-order valence-corrected chi connectivity index (χ2v) is 8.21. The van der Waals surface area contributed by atoms with Gasteiger partial charge in [-0.1, -0.05) is 47.5 Å².